The van der Waals surface area contributed by atoms with Gasteiger partial charge in [0.05, 0.1) is 18.1 Å². The first-order chi connectivity index (χ1) is 10.9. The average Bonchev–Trinajstić information content (AvgIpc) is 2.52. The molecule has 0 bridgehead atoms. The highest BCUT2D eigenvalue weighted by Gasteiger charge is 2.26. The zero-order valence-electron chi connectivity index (χ0n) is 13.7. The minimum atomic E-state index is -0.502. The molecule has 2 atom stereocenters. The van der Waals surface area contributed by atoms with Crippen LogP contribution in [0, 0.1) is 17.0 Å². The summed E-state index contributed by atoms with van der Waals surface area (Å²) in [6.07, 6.45) is 0. The van der Waals surface area contributed by atoms with E-state index in [0.717, 1.165) is 6.54 Å². The third-order valence-electron chi connectivity index (χ3n) is 4.21. The Kier molecular flexibility index (Phi) is 5.68. The summed E-state index contributed by atoms with van der Waals surface area (Å²) < 4.78 is 5.41. The summed E-state index contributed by atoms with van der Waals surface area (Å²) in [4.78, 5) is 25.3. The molecule has 1 aliphatic rings. The number of benzene rings is 1. The van der Waals surface area contributed by atoms with Crippen molar-refractivity contribution in [3.63, 3.8) is 0 Å². The molecule has 0 saturated carbocycles. The fourth-order valence-corrected chi connectivity index (χ4v) is 2.93. The Morgan fingerprint density at radius 1 is 1.57 bits per heavy atom. The van der Waals surface area contributed by atoms with Gasteiger partial charge >= 0.3 is 0 Å². The van der Waals surface area contributed by atoms with Gasteiger partial charge in [-0.05, 0) is 26.8 Å². The standard InChI is InChI=1S/C16H23N3O4/c1-11-5-4-6-14(15(11)19(21)22)16(20)17-9-12(2)18-7-8-23-10-13(18)3/h4-6,12-13H,7-10H2,1-3H3,(H,17,20)/t12-,13-/m1/s1. The molecule has 1 N–H and O–H groups in total. The van der Waals surface area contributed by atoms with Crippen LogP contribution < -0.4 is 5.32 Å². The van der Waals surface area contributed by atoms with Crippen LogP contribution in [0.4, 0.5) is 5.69 Å². The van der Waals surface area contributed by atoms with Crippen LogP contribution in [0.3, 0.4) is 0 Å². The van der Waals surface area contributed by atoms with Crippen LogP contribution in [0.2, 0.25) is 0 Å². The largest absolute Gasteiger partial charge is 0.379 e. The fourth-order valence-electron chi connectivity index (χ4n) is 2.93. The Hall–Kier alpha value is -1.99. The first kappa shape index (κ1) is 17.4. The molecule has 0 radical (unpaired) electrons. The summed E-state index contributed by atoms with van der Waals surface area (Å²) in [5.74, 6) is -0.409. The number of ether oxygens (including phenoxy) is 1. The van der Waals surface area contributed by atoms with E-state index >= 15 is 0 Å². The van der Waals surface area contributed by atoms with Gasteiger partial charge in [0.25, 0.3) is 11.6 Å². The Morgan fingerprint density at radius 2 is 2.30 bits per heavy atom. The van der Waals surface area contributed by atoms with Crippen LogP contribution in [0.1, 0.15) is 29.8 Å². The zero-order chi connectivity index (χ0) is 17.0. The highest BCUT2D eigenvalue weighted by atomic mass is 16.6. The van der Waals surface area contributed by atoms with Crippen molar-refractivity contribution in [2.75, 3.05) is 26.3 Å². The minimum absolute atomic E-state index is 0.109. The molecule has 23 heavy (non-hydrogen) atoms. The second-order valence-corrected chi connectivity index (χ2v) is 5.95. The number of nitrogens with one attached hydrogen (secondary N) is 1. The number of aryl methyl sites for hydroxylation is 1. The summed E-state index contributed by atoms with van der Waals surface area (Å²) >= 11 is 0. The van der Waals surface area contributed by atoms with Gasteiger partial charge in [-0.2, -0.15) is 0 Å². The van der Waals surface area contributed by atoms with Crippen molar-refractivity contribution in [3.05, 3.63) is 39.4 Å². The Balaban J connectivity index is 2.02. The van der Waals surface area contributed by atoms with Gasteiger partial charge in [-0.25, -0.2) is 0 Å². The monoisotopic (exact) mass is 321 g/mol. The first-order valence-corrected chi connectivity index (χ1v) is 7.77. The number of hydrogen-bond acceptors (Lipinski definition) is 5. The molecule has 1 fully saturated rings. The molecule has 7 nitrogen and oxygen atoms in total. The third kappa shape index (κ3) is 4.05. The zero-order valence-corrected chi connectivity index (χ0v) is 13.7. The van der Waals surface area contributed by atoms with E-state index < -0.39 is 10.8 Å². The lowest BCUT2D eigenvalue weighted by Crippen LogP contribution is -2.51. The predicted octanol–water partition coefficient (Wildman–Crippen LogP) is 1.74. The molecule has 1 amide bonds. The quantitative estimate of drug-likeness (QED) is 0.659. The Labute approximate surface area is 135 Å². The molecule has 0 aromatic heterocycles. The molecule has 0 aliphatic carbocycles. The topological polar surface area (TPSA) is 84.7 Å². The summed E-state index contributed by atoms with van der Waals surface area (Å²) in [6.45, 7) is 8.38. The number of carbonyl (C=O) groups excluding carboxylic acids is 1. The number of hydrogen-bond donors (Lipinski definition) is 1. The number of morpholine rings is 1. The summed E-state index contributed by atoms with van der Waals surface area (Å²) in [7, 11) is 0. The lowest BCUT2D eigenvalue weighted by Gasteiger charge is -2.37. The van der Waals surface area contributed by atoms with Crippen molar-refractivity contribution in [1.29, 1.82) is 0 Å². The smallest absolute Gasteiger partial charge is 0.285 e. The van der Waals surface area contributed by atoms with Crippen LogP contribution in [-0.4, -0.2) is 54.1 Å². The van der Waals surface area contributed by atoms with E-state index in [-0.39, 0.29) is 17.3 Å². The van der Waals surface area contributed by atoms with Gasteiger partial charge < -0.3 is 10.1 Å². The van der Waals surface area contributed by atoms with Crippen molar-refractivity contribution in [1.82, 2.24) is 10.2 Å². The molecule has 0 unspecified atom stereocenters. The Bertz CT molecular complexity index is 591. The maximum absolute atomic E-state index is 12.3. The van der Waals surface area contributed by atoms with Crippen molar-refractivity contribution >= 4 is 11.6 Å². The van der Waals surface area contributed by atoms with Crippen molar-refractivity contribution in [2.45, 2.75) is 32.9 Å². The highest BCUT2D eigenvalue weighted by Crippen LogP contribution is 2.22. The van der Waals surface area contributed by atoms with E-state index in [2.05, 4.69) is 17.1 Å². The summed E-state index contributed by atoms with van der Waals surface area (Å²) in [5.41, 5.74) is 0.465. The molecule has 7 heteroatoms. The van der Waals surface area contributed by atoms with Gasteiger partial charge in [-0.1, -0.05) is 12.1 Å². The van der Waals surface area contributed by atoms with E-state index in [9.17, 15) is 14.9 Å². The third-order valence-corrected chi connectivity index (χ3v) is 4.21. The van der Waals surface area contributed by atoms with Gasteiger partial charge in [-0.3, -0.25) is 19.8 Å². The van der Waals surface area contributed by atoms with E-state index in [1.54, 1.807) is 19.1 Å². The first-order valence-electron chi connectivity index (χ1n) is 7.77. The Morgan fingerprint density at radius 3 is 2.96 bits per heavy atom. The number of nitro groups is 1. The van der Waals surface area contributed by atoms with Gasteiger partial charge in [0.15, 0.2) is 0 Å². The van der Waals surface area contributed by atoms with Gasteiger partial charge in [0.1, 0.15) is 5.56 Å². The molecular weight excluding hydrogens is 298 g/mol. The lowest BCUT2D eigenvalue weighted by molar-refractivity contribution is -0.385. The molecule has 126 valence electrons. The molecule has 1 saturated heterocycles. The summed E-state index contributed by atoms with van der Waals surface area (Å²) in [5, 5.41) is 14.0. The summed E-state index contributed by atoms with van der Waals surface area (Å²) in [6, 6.07) is 5.21. The van der Waals surface area contributed by atoms with E-state index in [0.29, 0.717) is 31.4 Å². The van der Waals surface area contributed by atoms with Crippen LogP contribution in [0.25, 0.3) is 0 Å². The van der Waals surface area contributed by atoms with Crippen molar-refractivity contribution in [2.24, 2.45) is 0 Å². The number of para-hydroxylation sites is 1. The molecule has 1 aromatic rings. The maximum atomic E-state index is 12.3. The normalized spacial score (nSPS) is 20.0. The van der Waals surface area contributed by atoms with Gasteiger partial charge in [-0.15, -0.1) is 0 Å². The maximum Gasteiger partial charge on any atom is 0.285 e. The second kappa shape index (κ2) is 7.52. The van der Waals surface area contributed by atoms with Crippen LogP contribution in [0.15, 0.2) is 18.2 Å². The molecule has 1 heterocycles. The number of nitrogens with zero attached hydrogens (tertiary/aromatic N) is 2. The van der Waals surface area contributed by atoms with Crippen molar-refractivity contribution in [3.8, 4) is 0 Å². The SMILES string of the molecule is Cc1cccc(C(=O)NC[C@@H](C)N2CCOC[C@H]2C)c1[N+](=O)[O-]. The molecule has 1 aromatic carbocycles. The van der Waals surface area contributed by atoms with E-state index in [1.807, 2.05) is 6.92 Å². The fraction of sp³-hybridized carbons (Fsp3) is 0.562. The number of rotatable bonds is 5. The number of nitro benzene ring substituents is 1. The highest BCUT2D eigenvalue weighted by molar-refractivity contribution is 5.98. The van der Waals surface area contributed by atoms with Gasteiger partial charge in [0.2, 0.25) is 0 Å². The average molecular weight is 321 g/mol. The van der Waals surface area contributed by atoms with E-state index in [1.165, 1.54) is 6.07 Å². The van der Waals surface area contributed by atoms with Gasteiger partial charge in [0, 0.05) is 30.7 Å². The van der Waals surface area contributed by atoms with Crippen molar-refractivity contribution < 1.29 is 14.5 Å². The second-order valence-electron chi connectivity index (χ2n) is 5.95. The minimum Gasteiger partial charge on any atom is -0.379 e. The molecule has 2 rings (SSSR count). The number of carbonyl (C=O) groups is 1. The molecule has 1 aliphatic heterocycles. The van der Waals surface area contributed by atoms with Crippen LogP contribution in [-0.2, 0) is 4.74 Å². The number of amides is 1. The molecular formula is C16H23N3O4. The van der Waals surface area contributed by atoms with E-state index in [4.69, 9.17) is 4.74 Å². The predicted molar refractivity (Wildman–Crippen MR) is 86.6 cm³/mol. The van der Waals surface area contributed by atoms with Crippen LogP contribution >= 0.6 is 0 Å². The lowest BCUT2D eigenvalue weighted by atomic mass is 10.1. The van der Waals surface area contributed by atoms with Crippen LogP contribution in [0.5, 0.6) is 0 Å². The molecule has 0 spiro atoms.